The Kier molecular flexibility index (Phi) is 3.91. The predicted octanol–water partition coefficient (Wildman–Crippen LogP) is 1.58. The first kappa shape index (κ1) is 13.7. The lowest BCUT2D eigenvalue weighted by molar-refractivity contribution is 0.0250. The summed E-state index contributed by atoms with van der Waals surface area (Å²) in [7, 11) is -3.64. The van der Waals surface area contributed by atoms with E-state index in [1.54, 1.807) is 0 Å². The van der Waals surface area contributed by atoms with E-state index < -0.39 is 15.6 Å². The minimum absolute atomic E-state index is 0.00624. The monoisotopic (exact) mass is 290 g/mol. The van der Waals surface area contributed by atoms with Crippen molar-refractivity contribution < 1.29 is 13.2 Å². The van der Waals surface area contributed by atoms with Gasteiger partial charge in [-0.3, -0.25) is 4.98 Å². The van der Waals surface area contributed by atoms with Crippen LogP contribution in [0.1, 0.15) is 19.8 Å². The summed E-state index contributed by atoms with van der Waals surface area (Å²) < 4.78 is 32.2. The van der Waals surface area contributed by atoms with E-state index in [9.17, 15) is 8.42 Å². The summed E-state index contributed by atoms with van der Waals surface area (Å²) >= 11 is 5.85. The number of nitrogens with one attached hydrogen (secondary N) is 1. The summed E-state index contributed by atoms with van der Waals surface area (Å²) in [5.41, 5.74) is -0.429. The molecule has 1 aromatic rings. The Morgan fingerprint density at radius 2 is 2.39 bits per heavy atom. The van der Waals surface area contributed by atoms with Crippen LogP contribution in [-0.2, 0) is 14.8 Å². The number of hydrogen-bond donors (Lipinski definition) is 1. The molecule has 1 saturated heterocycles. The maximum absolute atomic E-state index is 12.1. The van der Waals surface area contributed by atoms with E-state index in [2.05, 4.69) is 9.71 Å². The normalized spacial score (nSPS) is 24.3. The van der Waals surface area contributed by atoms with Gasteiger partial charge in [0, 0.05) is 25.5 Å². The number of halogens is 1. The van der Waals surface area contributed by atoms with Crippen LogP contribution in [0.5, 0.6) is 0 Å². The van der Waals surface area contributed by atoms with E-state index in [0.717, 1.165) is 12.8 Å². The maximum Gasteiger partial charge on any atom is 0.243 e. The molecule has 1 N–H and O–H groups in total. The summed E-state index contributed by atoms with van der Waals surface area (Å²) in [6.45, 7) is 2.81. The number of aromatic nitrogens is 1. The molecule has 0 spiro atoms. The van der Waals surface area contributed by atoms with Crippen molar-refractivity contribution >= 4 is 21.6 Å². The van der Waals surface area contributed by atoms with Gasteiger partial charge in [0.2, 0.25) is 10.0 Å². The van der Waals surface area contributed by atoms with Gasteiger partial charge in [0.1, 0.15) is 4.90 Å². The standard InChI is InChI=1S/C11H15ClN2O3S/c1-11(4-2-6-17-11)8-14-18(15,16)10-7-13-5-3-9(10)12/h3,5,7,14H,2,4,6,8H2,1H3. The molecular formula is C11H15ClN2O3S. The molecule has 1 atom stereocenters. The molecule has 7 heteroatoms. The predicted molar refractivity (Wildman–Crippen MR) is 68.0 cm³/mol. The van der Waals surface area contributed by atoms with Crippen LogP contribution in [0.2, 0.25) is 5.02 Å². The lowest BCUT2D eigenvalue weighted by Gasteiger charge is -2.23. The third-order valence-electron chi connectivity index (χ3n) is 2.96. The first-order chi connectivity index (χ1) is 8.43. The van der Waals surface area contributed by atoms with Crippen LogP contribution in [0.15, 0.2) is 23.4 Å². The second-order valence-corrected chi connectivity index (χ2v) is 6.68. The number of rotatable bonds is 4. The molecular weight excluding hydrogens is 276 g/mol. The minimum atomic E-state index is -3.64. The summed E-state index contributed by atoms with van der Waals surface area (Å²) in [5, 5.41) is 0.162. The van der Waals surface area contributed by atoms with E-state index in [1.165, 1.54) is 18.5 Å². The minimum Gasteiger partial charge on any atom is -0.374 e. The SMILES string of the molecule is CC1(CNS(=O)(=O)c2cnccc2Cl)CCCO1. The van der Waals surface area contributed by atoms with Crippen molar-refractivity contribution in [2.75, 3.05) is 13.2 Å². The van der Waals surface area contributed by atoms with Crippen molar-refractivity contribution in [2.45, 2.75) is 30.3 Å². The second kappa shape index (κ2) is 5.13. The molecule has 0 bridgehead atoms. The van der Waals surface area contributed by atoms with E-state index in [1.807, 2.05) is 6.92 Å². The Morgan fingerprint density at radius 3 is 3.00 bits per heavy atom. The number of sulfonamides is 1. The molecule has 0 amide bonds. The number of pyridine rings is 1. The fourth-order valence-electron chi connectivity index (χ4n) is 1.86. The molecule has 0 aromatic carbocycles. The van der Waals surface area contributed by atoms with E-state index >= 15 is 0 Å². The van der Waals surface area contributed by atoms with Gasteiger partial charge in [-0.2, -0.15) is 0 Å². The zero-order valence-electron chi connectivity index (χ0n) is 10.0. The highest BCUT2D eigenvalue weighted by molar-refractivity contribution is 7.89. The van der Waals surface area contributed by atoms with Crippen LogP contribution in [0.4, 0.5) is 0 Å². The Hall–Kier alpha value is -0.690. The van der Waals surface area contributed by atoms with Crippen LogP contribution in [-0.4, -0.2) is 32.2 Å². The summed E-state index contributed by atoms with van der Waals surface area (Å²) in [4.78, 5) is 3.77. The molecule has 18 heavy (non-hydrogen) atoms. The molecule has 100 valence electrons. The second-order valence-electron chi connectivity index (χ2n) is 4.53. The Balaban J connectivity index is 2.11. The van der Waals surface area contributed by atoms with Gasteiger partial charge in [0.15, 0.2) is 0 Å². The van der Waals surface area contributed by atoms with Gasteiger partial charge in [-0.25, -0.2) is 13.1 Å². The van der Waals surface area contributed by atoms with Gasteiger partial charge >= 0.3 is 0 Å². The van der Waals surface area contributed by atoms with Crippen LogP contribution in [0.25, 0.3) is 0 Å². The maximum atomic E-state index is 12.1. The Bertz CT molecular complexity index is 527. The molecule has 1 unspecified atom stereocenters. The number of hydrogen-bond acceptors (Lipinski definition) is 4. The van der Waals surface area contributed by atoms with E-state index in [4.69, 9.17) is 16.3 Å². The van der Waals surface area contributed by atoms with Gasteiger partial charge in [-0.15, -0.1) is 0 Å². The van der Waals surface area contributed by atoms with Crippen molar-refractivity contribution in [1.29, 1.82) is 0 Å². The Labute approximate surface area is 112 Å². The number of ether oxygens (including phenoxy) is 1. The van der Waals surface area contributed by atoms with Crippen LogP contribution in [0.3, 0.4) is 0 Å². The molecule has 1 aliphatic rings. The summed E-state index contributed by atoms with van der Waals surface area (Å²) in [6.07, 6.45) is 4.48. The molecule has 1 aliphatic heterocycles. The zero-order valence-corrected chi connectivity index (χ0v) is 11.6. The highest BCUT2D eigenvalue weighted by Crippen LogP contribution is 2.25. The molecule has 1 aromatic heterocycles. The average molecular weight is 291 g/mol. The molecule has 0 radical (unpaired) electrons. The van der Waals surface area contributed by atoms with Gasteiger partial charge in [-0.1, -0.05) is 11.6 Å². The van der Waals surface area contributed by atoms with Crippen molar-refractivity contribution in [3.8, 4) is 0 Å². The summed E-state index contributed by atoms with van der Waals surface area (Å²) in [6, 6.07) is 1.45. The highest BCUT2D eigenvalue weighted by atomic mass is 35.5. The quantitative estimate of drug-likeness (QED) is 0.914. The van der Waals surface area contributed by atoms with Gasteiger partial charge in [0.05, 0.1) is 10.6 Å². The fourth-order valence-corrected chi connectivity index (χ4v) is 3.45. The fraction of sp³-hybridized carbons (Fsp3) is 0.545. The molecule has 2 heterocycles. The zero-order chi connectivity index (χ0) is 13.2. The van der Waals surface area contributed by atoms with Gasteiger partial charge in [-0.05, 0) is 25.8 Å². The first-order valence-electron chi connectivity index (χ1n) is 5.66. The van der Waals surface area contributed by atoms with Crippen molar-refractivity contribution in [1.82, 2.24) is 9.71 Å². The largest absolute Gasteiger partial charge is 0.374 e. The molecule has 2 rings (SSSR count). The Morgan fingerprint density at radius 1 is 1.61 bits per heavy atom. The molecule has 0 aliphatic carbocycles. The first-order valence-corrected chi connectivity index (χ1v) is 7.52. The van der Waals surface area contributed by atoms with Crippen LogP contribution >= 0.6 is 11.6 Å². The highest BCUT2D eigenvalue weighted by Gasteiger charge is 2.31. The van der Waals surface area contributed by atoms with Crippen LogP contribution < -0.4 is 4.72 Å². The number of nitrogens with zero attached hydrogens (tertiary/aromatic N) is 1. The molecule has 0 saturated carbocycles. The summed E-state index contributed by atoms with van der Waals surface area (Å²) in [5.74, 6) is 0. The third-order valence-corrected chi connectivity index (χ3v) is 4.83. The van der Waals surface area contributed by atoms with Gasteiger partial charge < -0.3 is 4.74 Å². The topological polar surface area (TPSA) is 68.3 Å². The molecule has 1 fully saturated rings. The van der Waals surface area contributed by atoms with Gasteiger partial charge in [0.25, 0.3) is 0 Å². The van der Waals surface area contributed by atoms with E-state index in [-0.39, 0.29) is 16.5 Å². The lowest BCUT2D eigenvalue weighted by atomic mass is 10.0. The third kappa shape index (κ3) is 3.00. The molecule has 5 nitrogen and oxygen atoms in total. The van der Waals surface area contributed by atoms with Crippen molar-refractivity contribution in [2.24, 2.45) is 0 Å². The van der Waals surface area contributed by atoms with E-state index in [0.29, 0.717) is 6.61 Å². The lowest BCUT2D eigenvalue weighted by Crippen LogP contribution is -2.40. The van der Waals surface area contributed by atoms with Crippen molar-refractivity contribution in [3.63, 3.8) is 0 Å². The van der Waals surface area contributed by atoms with Crippen LogP contribution in [0, 0.1) is 0 Å². The average Bonchev–Trinajstić information content (AvgIpc) is 2.75. The smallest absolute Gasteiger partial charge is 0.243 e. The van der Waals surface area contributed by atoms with Crippen molar-refractivity contribution in [3.05, 3.63) is 23.5 Å².